The molecule has 6 heteroatoms. The summed E-state index contributed by atoms with van der Waals surface area (Å²) in [4.78, 5) is 13.3. The Bertz CT molecular complexity index is 993. The van der Waals surface area contributed by atoms with Gasteiger partial charge in [-0.2, -0.15) is 5.10 Å². The molecule has 1 fully saturated rings. The highest BCUT2D eigenvalue weighted by Gasteiger charge is 2.25. The van der Waals surface area contributed by atoms with Crippen LogP contribution in [0.2, 0.25) is 0 Å². The van der Waals surface area contributed by atoms with Crippen LogP contribution in [-0.2, 0) is 4.79 Å². The molecule has 0 aromatic heterocycles. The van der Waals surface area contributed by atoms with Gasteiger partial charge in [0.25, 0.3) is 0 Å². The van der Waals surface area contributed by atoms with E-state index in [9.17, 15) is 4.79 Å². The van der Waals surface area contributed by atoms with E-state index in [-0.39, 0.29) is 12.6 Å². The van der Waals surface area contributed by atoms with Gasteiger partial charge >= 0.3 is 5.97 Å². The number of hydrogen-bond donors (Lipinski definition) is 1. The lowest BCUT2D eigenvalue weighted by Crippen LogP contribution is -2.45. The first-order chi connectivity index (χ1) is 15.7. The van der Waals surface area contributed by atoms with Gasteiger partial charge in [-0.3, -0.25) is 9.91 Å². The zero-order chi connectivity index (χ0) is 22.2. The smallest absolute Gasteiger partial charge is 0.341 e. The van der Waals surface area contributed by atoms with Crippen LogP contribution in [-0.4, -0.2) is 60.0 Å². The van der Waals surface area contributed by atoms with Crippen molar-refractivity contribution in [2.45, 2.75) is 6.04 Å². The Morgan fingerprint density at radius 2 is 1.44 bits per heavy atom. The van der Waals surface area contributed by atoms with Gasteiger partial charge in [-0.15, -0.1) is 0 Å². The van der Waals surface area contributed by atoms with Gasteiger partial charge < -0.3 is 9.84 Å². The summed E-state index contributed by atoms with van der Waals surface area (Å²) < 4.78 is 5.37. The van der Waals surface area contributed by atoms with Gasteiger partial charge in [0.2, 0.25) is 0 Å². The number of carboxylic acids is 1. The van der Waals surface area contributed by atoms with Gasteiger partial charge in [-0.25, -0.2) is 4.79 Å². The number of hydrogen-bond acceptors (Lipinski definition) is 5. The van der Waals surface area contributed by atoms with Crippen LogP contribution >= 0.6 is 0 Å². The van der Waals surface area contributed by atoms with E-state index in [1.165, 1.54) is 11.1 Å². The van der Waals surface area contributed by atoms with E-state index in [0.29, 0.717) is 5.75 Å². The van der Waals surface area contributed by atoms with Gasteiger partial charge in [0.15, 0.2) is 6.61 Å². The van der Waals surface area contributed by atoms with E-state index in [1.54, 1.807) is 12.3 Å². The summed E-state index contributed by atoms with van der Waals surface area (Å²) in [6, 6.07) is 28.8. The van der Waals surface area contributed by atoms with Crippen molar-refractivity contribution in [1.82, 2.24) is 9.91 Å². The Labute approximate surface area is 188 Å². The number of hydrazone groups is 1. The molecule has 164 valence electrons. The maximum absolute atomic E-state index is 10.8. The third-order valence-electron chi connectivity index (χ3n) is 5.52. The molecule has 0 bridgehead atoms. The first-order valence-electron chi connectivity index (χ1n) is 10.8. The van der Waals surface area contributed by atoms with Crippen molar-refractivity contribution in [1.29, 1.82) is 0 Å². The minimum Gasteiger partial charge on any atom is -0.481 e. The van der Waals surface area contributed by atoms with Crippen molar-refractivity contribution >= 4 is 12.2 Å². The minimum atomic E-state index is -1.00. The summed E-state index contributed by atoms with van der Waals surface area (Å²) in [6.07, 6.45) is 1.75. The second-order valence-electron chi connectivity index (χ2n) is 7.68. The Balaban J connectivity index is 1.43. The number of piperazine rings is 1. The summed E-state index contributed by atoms with van der Waals surface area (Å²) in [5.74, 6) is -0.482. The molecule has 3 aromatic carbocycles. The fourth-order valence-electron chi connectivity index (χ4n) is 3.97. The molecule has 0 atom stereocenters. The van der Waals surface area contributed by atoms with E-state index in [2.05, 4.69) is 75.7 Å². The van der Waals surface area contributed by atoms with Crippen LogP contribution in [0.5, 0.6) is 5.75 Å². The third-order valence-corrected chi connectivity index (χ3v) is 5.52. The van der Waals surface area contributed by atoms with Crippen LogP contribution in [0.15, 0.2) is 90.0 Å². The van der Waals surface area contributed by atoms with Gasteiger partial charge in [0.1, 0.15) is 5.75 Å². The molecule has 1 saturated heterocycles. The quantitative estimate of drug-likeness (QED) is 0.551. The number of carbonyl (C=O) groups is 1. The molecule has 1 aliphatic rings. The number of aliphatic carboxylic acids is 1. The van der Waals surface area contributed by atoms with E-state index in [4.69, 9.17) is 9.84 Å². The molecule has 1 N–H and O–H groups in total. The Hall–Kier alpha value is -3.64. The van der Waals surface area contributed by atoms with E-state index >= 15 is 0 Å². The second kappa shape index (κ2) is 10.6. The molecule has 0 aliphatic carbocycles. The van der Waals surface area contributed by atoms with Crippen molar-refractivity contribution in [3.63, 3.8) is 0 Å². The molecule has 0 spiro atoms. The summed E-state index contributed by atoms with van der Waals surface area (Å²) >= 11 is 0. The standard InChI is InChI=1S/C26H27N3O3/c30-25(31)20-32-24-14-8-7-13-23(24)19-27-29-17-15-28(16-18-29)26(21-9-3-1-4-10-21)22-11-5-2-6-12-22/h1-14,19,26H,15-18,20H2,(H,30,31)/b27-19-. The van der Waals surface area contributed by atoms with E-state index < -0.39 is 5.97 Å². The highest BCUT2D eigenvalue weighted by Crippen LogP contribution is 2.29. The molecule has 6 nitrogen and oxygen atoms in total. The van der Waals surface area contributed by atoms with Crippen LogP contribution < -0.4 is 4.74 Å². The van der Waals surface area contributed by atoms with Crippen molar-refractivity contribution in [2.75, 3.05) is 32.8 Å². The van der Waals surface area contributed by atoms with Crippen LogP contribution in [0.3, 0.4) is 0 Å². The summed E-state index contributed by atoms with van der Waals surface area (Å²) in [5.41, 5.74) is 3.35. The number of carboxylic acid groups (broad SMARTS) is 1. The monoisotopic (exact) mass is 429 g/mol. The number of para-hydroxylation sites is 1. The molecule has 0 unspecified atom stereocenters. The normalized spacial score (nSPS) is 14.7. The average molecular weight is 430 g/mol. The zero-order valence-electron chi connectivity index (χ0n) is 17.9. The molecule has 1 heterocycles. The largest absolute Gasteiger partial charge is 0.481 e. The lowest BCUT2D eigenvalue weighted by Gasteiger charge is -2.38. The number of rotatable bonds is 8. The third kappa shape index (κ3) is 5.53. The molecule has 4 rings (SSSR count). The predicted molar refractivity (Wildman–Crippen MR) is 125 cm³/mol. The topological polar surface area (TPSA) is 65.4 Å². The first-order valence-corrected chi connectivity index (χ1v) is 10.8. The molecular weight excluding hydrogens is 402 g/mol. The van der Waals surface area contributed by atoms with Crippen LogP contribution in [0.1, 0.15) is 22.7 Å². The average Bonchev–Trinajstić information content (AvgIpc) is 2.84. The molecule has 3 aromatic rings. The molecule has 0 saturated carbocycles. The van der Waals surface area contributed by atoms with E-state index in [1.807, 2.05) is 18.2 Å². The Morgan fingerprint density at radius 1 is 0.875 bits per heavy atom. The summed E-state index contributed by atoms with van der Waals surface area (Å²) in [6.45, 7) is 3.03. The highest BCUT2D eigenvalue weighted by molar-refractivity contribution is 5.83. The second-order valence-corrected chi connectivity index (χ2v) is 7.68. The van der Waals surface area contributed by atoms with Crippen molar-refractivity contribution in [2.24, 2.45) is 5.10 Å². The molecular formula is C26H27N3O3. The predicted octanol–water partition coefficient (Wildman–Crippen LogP) is 3.89. The number of ether oxygens (including phenoxy) is 1. The SMILES string of the molecule is O=C(O)COc1ccccc1/C=N\N1CCN(C(c2ccccc2)c2ccccc2)CC1. The molecule has 32 heavy (non-hydrogen) atoms. The summed E-state index contributed by atoms with van der Waals surface area (Å²) in [7, 11) is 0. The van der Waals surface area contributed by atoms with Gasteiger partial charge in [-0.05, 0) is 23.3 Å². The zero-order valence-corrected chi connectivity index (χ0v) is 17.9. The number of nitrogens with zero attached hydrogens (tertiary/aromatic N) is 3. The van der Waals surface area contributed by atoms with Gasteiger partial charge in [-0.1, -0.05) is 72.8 Å². The van der Waals surface area contributed by atoms with Crippen LogP contribution in [0, 0.1) is 0 Å². The van der Waals surface area contributed by atoms with Crippen molar-refractivity contribution in [3.8, 4) is 5.75 Å². The highest BCUT2D eigenvalue weighted by atomic mass is 16.5. The summed E-state index contributed by atoms with van der Waals surface area (Å²) in [5, 5.41) is 15.6. The molecule has 1 aliphatic heterocycles. The van der Waals surface area contributed by atoms with Crippen molar-refractivity contribution < 1.29 is 14.6 Å². The fraction of sp³-hybridized carbons (Fsp3) is 0.231. The van der Waals surface area contributed by atoms with Gasteiger partial charge in [0.05, 0.1) is 12.3 Å². The first kappa shape index (κ1) is 21.6. The molecule has 0 radical (unpaired) electrons. The fourth-order valence-corrected chi connectivity index (χ4v) is 3.97. The lowest BCUT2D eigenvalue weighted by molar-refractivity contribution is -0.139. The van der Waals surface area contributed by atoms with Crippen molar-refractivity contribution in [3.05, 3.63) is 102 Å². The number of benzene rings is 3. The van der Waals surface area contributed by atoms with Crippen LogP contribution in [0.25, 0.3) is 0 Å². The van der Waals surface area contributed by atoms with E-state index in [0.717, 1.165) is 31.7 Å². The minimum absolute atomic E-state index is 0.216. The maximum atomic E-state index is 10.8. The molecule has 0 amide bonds. The van der Waals surface area contributed by atoms with Crippen LogP contribution in [0.4, 0.5) is 0 Å². The maximum Gasteiger partial charge on any atom is 0.341 e. The Kier molecular flexibility index (Phi) is 7.15. The Morgan fingerprint density at radius 3 is 2.03 bits per heavy atom. The lowest BCUT2D eigenvalue weighted by atomic mass is 9.96. The van der Waals surface area contributed by atoms with Gasteiger partial charge in [0, 0.05) is 31.7 Å².